The Morgan fingerprint density at radius 1 is 1.07 bits per heavy atom. The van der Waals surface area contributed by atoms with Crippen molar-refractivity contribution in [3.8, 4) is 11.6 Å². The summed E-state index contributed by atoms with van der Waals surface area (Å²) in [7, 11) is 0. The normalized spacial score (nSPS) is 20.4. The van der Waals surface area contributed by atoms with Crippen LogP contribution in [0.5, 0.6) is 11.6 Å². The van der Waals surface area contributed by atoms with Crippen molar-refractivity contribution in [3.05, 3.63) is 36.2 Å². The molecule has 0 atom stereocenters. The Labute approximate surface area is 175 Å². The van der Waals surface area contributed by atoms with Gasteiger partial charge in [0.25, 0.3) is 0 Å². The van der Waals surface area contributed by atoms with Crippen LogP contribution in [0.15, 0.2) is 35.6 Å². The van der Waals surface area contributed by atoms with Gasteiger partial charge in [-0.2, -0.15) is 0 Å². The summed E-state index contributed by atoms with van der Waals surface area (Å²) in [6, 6.07) is 8.66. The fraction of sp³-hybridized carbons (Fsp3) is 0.476. The second-order valence-electron chi connectivity index (χ2n) is 7.78. The number of amidine groups is 1. The molecule has 29 heavy (non-hydrogen) atoms. The number of hydrogen-bond donors (Lipinski definition) is 1. The van der Waals surface area contributed by atoms with Crippen LogP contribution < -0.4 is 15.4 Å². The lowest BCUT2D eigenvalue weighted by atomic mass is 10.2. The van der Waals surface area contributed by atoms with Crippen LogP contribution in [-0.2, 0) is 5.75 Å². The number of nitrogens with zero attached hydrogens (tertiary/aromatic N) is 5. The van der Waals surface area contributed by atoms with Gasteiger partial charge in [-0.3, -0.25) is 4.90 Å². The van der Waals surface area contributed by atoms with Gasteiger partial charge in [0.05, 0.1) is 0 Å². The number of aromatic nitrogens is 2. The molecule has 1 aromatic carbocycles. The molecule has 1 saturated carbocycles. The predicted molar refractivity (Wildman–Crippen MR) is 117 cm³/mol. The fourth-order valence-electron chi connectivity index (χ4n) is 4.44. The number of fused-ring (bicyclic) bond motifs is 1. The molecule has 0 spiro atoms. The topological polar surface area (TPSA) is 79.9 Å². The van der Waals surface area contributed by atoms with Crippen molar-refractivity contribution >= 4 is 28.4 Å². The molecule has 1 saturated heterocycles. The van der Waals surface area contributed by atoms with Crippen LogP contribution in [0.25, 0.3) is 0 Å². The Kier molecular flexibility index (Phi) is 5.28. The maximum absolute atomic E-state index is 6.10. The summed E-state index contributed by atoms with van der Waals surface area (Å²) in [6.45, 7) is 4.18. The molecule has 2 N–H and O–H groups in total. The molecule has 1 aromatic heterocycles. The third-order valence-corrected chi connectivity index (χ3v) is 6.84. The summed E-state index contributed by atoms with van der Waals surface area (Å²) < 4.78 is 6.10. The van der Waals surface area contributed by atoms with Crippen molar-refractivity contribution in [2.24, 2.45) is 10.7 Å². The molecule has 3 heterocycles. The van der Waals surface area contributed by atoms with E-state index in [1.54, 1.807) is 18.1 Å². The van der Waals surface area contributed by atoms with E-state index in [2.05, 4.69) is 30.8 Å². The van der Waals surface area contributed by atoms with E-state index in [-0.39, 0.29) is 0 Å². The number of benzene rings is 1. The highest BCUT2D eigenvalue weighted by atomic mass is 32.2. The van der Waals surface area contributed by atoms with Crippen LogP contribution >= 0.6 is 11.8 Å². The molecule has 8 heteroatoms. The number of thioether (sulfide) groups is 1. The van der Waals surface area contributed by atoms with E-state index < -0.39 is 0 Å². The molecule has 2 fully saturated rings. The average Bonchev–Trinajstić information content (AvgIpc) is 3.30. The molecule has 1 aliphatic carbocycles. The van der Waals surface area contributed by atoms with Crippen molar-refractivity contribution in [2.45, 2.75) is 37.5 Å². The van der Waals surface area contributed by atoms with Gasteiger partial charge in [0.2, 0.25) is 5.88 Å². The number of nitrogens with two attached hydrogens (primary N) is 1. The zero-order valence-electron chi connectivity index (χ0n) is 16.5. The van der Waals surface area contributed by atoms with Crippen molar-refractivity contribution in [2.75, 3.05) is 31.1 Å². The number of para-hydroxylation sites is 1. The van der Waals surface area contributed by atoms with Crippen LogP contribution in [0.2, 0.25) is 0 Å². The number of ether oxygens (including phenoxy) is 1. The second kappa shape index (κ2) is 8.20. The standard InChI is InChI=1S/C21H26N6OS/c22-21-25-20-15(13-29-21)4-3-7-17(20)28-19-12-18(23-14-24-19)27-10-8-26(9-11-27)16-5-1-2-6-16/h3-4,7,12,14,16H,1-2,5-6,8-11,13H2,(H2,22,25). The summed E-state index contributed by atoms with van der Waals surface area (Å²) in [6.07, 6.45) is 7.07. The van der Waals surface area contributed by atoms with E-state index in [4.69, 9.17) is 10.5 Å². The fourth-order valence-corrected chi connectivity index (χ4v) is 5.14. The molecule has 152 valence electrons. The maximum Gasteiger partial charge on any atom is 0.224 e. The second-order valence-corrected chi connectivity index (χ2v) is 8.78. The first-order chi connectivity index (χ1) is 14.3. The lowest BCUT2D eigenvalue weighted by Crippen LogP contribution is -2.50. The van der Waals surface area contributed by atoms with Gasteiger partial charge in [-0.05, 0) is 24.5 Å². The summed E-state index contributed by atoms with van der Waals surface area (Å²) >= 11 is 1.54. The first-order valence-electron chi connectivity index (χ1n) is 10.3. The highest BCUT2D eigenvalue weighted by Crippen LogP contribution is 2.39. The number of anilines is 1. The SMILES string of the molecule is NC1=Nc2c(cccc2Oc2cc(N3CCN(C4CCCC4)CC3)ncn2)CS1. The first-order valence-corrected chi connectivity index (χ1v) is 11.3. The van der Waals surface area contributed by atoms with E-state index in [1.165, 1.54) is 25.7 Å². The zero-order valence-corrected chi connectivity index (χ0v) is 17.3. The molecule has 5 rings (SSSR count). The van der Waals surface area contributed by atoms with E-state index in [0.29, 0.717) is 16.8 Å². The van der Waals surface area contributed by atoms with Gasteiger partial charge in [0.1, 0.15) is 17.8 Å². The average molecular weight is 411 g/mol. The quantitative estimate of drug-likeness (QED) is 0.826. The molecular weight excluding hydrogens is 384 g/mol. The lowest BCUT2D eigenvalue weighted by molar-refractivity contribution is 0.187. The zero-order chi connectivity index (χ0) is 19.6. The van der Waals surface area contributed by atoms with Crippen LogP contribution in [0.4, 0.5) is 11.5 Å². The molecule has 0 unspecified atom stereocenters. The Morgan fingerprint density at radius 3 is 2.72 bits per heavy atom. The largest absolute Gasteiger partial charge is 0.437 e. The monoisotopic (exact) mass is 410 g/mol. The summed E-state index contributed by atoms with van der Waals surface area (Å²) in [4.78, 5) is 18.3. The Balaban J connectivity index is 1.29. The van der Waals surface area contributed by atoms with E-state index in [9.17, 15) is 0 Å². The number of aliphatic imine (C=N–C) groups is 1. The highest BCUT2D eigenvalue weighted by Gasteiger charge is 2.26. The minimum absolute atomic E-state index is 0.536. The van der Waals surface area contributed by atoms with Crippen molar-refractivity contribution in [1.82, 2.24) is 14.9 Å². The Bertz CT molecular complexity index is 906. The van der Waals surface area contributed by atoms with Gasteiger partial charge >= 0.3 is 0 Å². The smallest absolute Gasteiger partial charge is 0.224 e. The third-order valence-electron chi connectivity index (χ3n) is 6.00. The minimum Gasteiger partial charge on any atom is -0.437 e. The van der Waals surface area contributed by atoms with Crippen molar-refractivity contribution in [1.29, 1.82) is 0 Å². The van der Waals surface area contributed by atoms with Gasteiger partial charge < -0.3 is 15.4 Å². The van der Waals surface area contributed by atoms with Gasteiger partial charge in [0, 0.05) is 44.0 Å². The molecule has 0 radical (unpaired) electrons. The molecule has 0 bridgehead atoms. The number of hydrogen-bond acceptors (Lipinski definition) is 8. The van der Waals surface area contributed by atoms with Crippen LogP contribution in [0.3, 0.4) is 0 Å². The van der Waals surface area contributed by atoms with Crippen LogP contribution in [0, 0.1) is 0 Å². The van der Waals surface area contributed by atoms with Crippen LogP contribution in [0.1, 0.15) is 31.2 Å². The molecule has 7 nitrogen and oxygen atoms in total. The van der Waals surface area contributed by atoms with Gasteiger partial charge in [-0.25, -0.2) is 15.0 Å². The van der Waals surface area contributed by atoms with Gasteiger partial charge in [-0.15, -0.1) is 0 Å². The van der Waals surface area contributed by atoms with Crippen LogP contribution in [-0.4, -0.2) is 52.3 Å². The minimum atomic E-state index is 0.536. The first kappa shape index (κ1) is 18.7. The van der Waals surface area contributed by atoms with E-state index in [0.717, 1.165) is 55.0 Å². The third kappa shape index (κ3) is 4.04. The highest BCUT2D eigenvalue weighted by molar-refractivity contribution is 8.13. The van der Waals surface area contributed by atoms with Crippen molar-refractivity contribution < 1.29 is 4.74 Å². The summed E-state index contributed by atoms with van der Waals surface area (Å²) in [5.74, 6) is 2.95. The maximum atomic E-state index is 6.10. The number of rotatable bonds is 4. The molecule has 3 aliphatic rings. The lowest BCUT2D eigenvalue weighted by Gasteiger charge is -2.38. The molecule has 2 aliphatic heterocycles. The molecule has 2 aromatic rings. The van der Waals surface area contributed by atoms with Gasteiger partial charge in [-0.1, -0.05) is 36.7 Å². The van der Waals surface area contributed by atoms with E-state index >= 15 is 0 Å². The Hall–Kier alpha value is -2.32. The Morgan fingerprint density at radius 2 is 1.90 bits per heavy atom. The summed E-state index contributed by atoms with van der Waals surface area (Å²) in [5, 5.41) is 0.567. The van der Waals surface area contributed by atoms with Gasteiger partial charge in [0.15, 0.2) is 10.9 Å². The van der Waals surface area contributed by atoms with E-state index in [1.807, 2.05) is 18.2 Å². The molecule has 0 amide bonds. The van der Waals surface area contributed by atoms with Crippen molar-refractivity contribution in [3.63, 3.8) is 0 Å². The summed E-state index contributed by atoms with van der Waals surface area (Å²) in [5.41, 5.74) is 7.84. The molecular formula is C21H26N6OS. The number of piperazine rings is 1. The predicted octanol–water partition coefficient (Wildman–Crippen LogP) is 3.53.